The van der Waals surface area contributed by atoms with Gasteiger partial charge in [-0.25, -0.2) is 9.78 Å². The molecular weight excluding hydrogens is 272 g/mol. The van der Waals surface area contributed by atoms with Gasteiger partial charge in [-0.05, 0) is 32.6 Å². The van der Waals surface area contributed by atoms with Crippen LogP contribution in [0.15, 0.2) is 5.38 Å². The van der Waals surface area contributed by atoms with E-state index in [2.05, 4.69) is 30.7 Å². The van der Waals surface area contributed by atoms with E-state index in [1.165, 1.54) is 24.2 Å². The van der Waals surface area contributed by atoms with E-state index in [9.17, 15) is 4.79 Å². The van der Waals surface area contributed by atoms with Crippen LogP contribution in [0, 0.1) is 5.92 Å². The predicted octanol–water partition coefficient (Wildman–Crippen LogP) is 3.33. The number of esters is 1. The van der Waals surface area contributed by atoms with Gasteiger partial charge in [0, 0.05) is 24.0 Å². The van der Waals surface area contributed by atoms with Crippen molar-refractivity contribution in [3.05, 3.63) is 16.1 Å². The largest absolute Gasteiger partial charge is 0.461 e. The Morgan fingerprint density at radius 2 is 2.20 bits per heavy atom. The fourth-order valence-electron chi connectivity index (χ4n) is 2.25. The monoisotopic (exact) mass is 296 g/mol. The number of carbonyl (C=O) groups is 1. The van der Waals surface area contributed by atoms with Crippen molar-refractivity contribution < 1.29 is 9.53 Å². The number of hydrogen-bond donors (Lipinski definition) is 0. The Morgan fingerprint density at radius 3 is 2.75 bits per heavy atom. The summed E-state index contributed by atoms with van der Waals surface area (Å²) in [7, 11) is 0. The molecule has 5 heteroatoms. The van der Waals surface area contributed by atoms with Crippen molar-refractivity contribution in [3.8, 4) is 0 Å². The van der Waals surface area contributed by atoms with Crippen molar-refractivity contribution in [1.82, 2.24) is 9.88 Å². The fourth-order valence-corrected chi connectivity index (χ4v) is 2.95. The zero-order valence-corrected chi connectivity index (χ0v) is 13.6. The van der Waals surface area contributed by atoms with Gasteiger partial charge in [0.05, 0.1) is 12.3 Å². The second kappa shape index (κ2) is 6.68. The molecule has 1 aliphatic rings. The van der Waals surface area contributed by atoms with Gasteiger partial charge < -0.3 is 4.74 Å². The summed E-state index contributed by atoms with van der Waals surface area (Å²) in [6.07, 6.45) is 2.57. The topological polar surface area (TPSA) is 42.4 Å². The number of hydrogen-bond acceptors (Lipinski definition) is 5. The summed E-state index contributed by atoms with van der Waals surface area (Å²) in [6, 6.07) is 1.23. The number of aromatic nitrogens is 1. The highest BCUT2D eigenvalue weighted by Crippen LogP contribution is 2.32. The second-order valence-corrected chi connectivity index (χ2v) is 6.61. The lowest BCUT2D eigenvalue weighted by Crippen LogP contribution is -2.38. The third kappa shape index (κ3) is 3.79. The van der Waals surface area contributed by atoms with Crippen LogP contribution in [0.3, 0.4) is 0 Å². The summed E-state index contributed by atoms with van der Waals surface area (Å²) in [4.78, 5) is 18.6. The first kappa shape index (κ1) is 15.4. The summed E-state index contributed by atoms with van der Waals surface area (Å²) in [5.41, 5.74) is 0.984. The number of nitrogens with zero attached hydrogens (tertiary/aromatic N) is 2. The molecule has 4 nitrogen and oxygen atoms in total. The van der Waals surface area contributed by atoms with E-state index >= 15 is 0 Å². The van der Waals surface area contributed by atoms with Crippen LogP contribution in [-0.2, 0) is 11.3 Å². The summed E-state index contributed by atoms with van der Waals surface area (Å²) >= 11 is 1.38. The maximum absolute atomic E-state index is 11.6. The smallest absolute Gasteiger partial charge is 0.367 e. The summed E-state index contributed by atoms with van der Waals surface area (Å²) in [6.45, 7) is 9.83. The molecule has 1 aromatic heterocycles. The molecule has 2 rings (SSSR count). The van der Waals surface area contributed by atoms with Gasteiger partial charge in [-0.2, -0.15) is 0 Å². The minimum absolute atomic E-state index is 0.307. The number of rotatable bonds is 7. The number of carbonyl (C=O) groups excluding carboxylic acids is 1. The van der Waals surface area contributed by atoms with Crippen LogP contribution < -0.4 is 0 Å². The molecule has 20 heavy (non-hydrogen) atoms. The van der Waals surface area contributed by atoms with Gasteiger partial charge in [0.2, 0.25) is 5.01 Å². The Bertz CT molecular complexity index is 454. The molecule has 1 aromatic rings. The van der Waals surface area contributed by atoms with E-state index in [0.29, 0.717) is 29.6 Å². The van der Waals surface area contributed by atoms with Crippen molar-refractivity contribution in [2.75, 3.05) is 6.61 Å². The van der Waals surface area contributed by atoms with Crippen LogP contribution >= 0.6 is 11.3 Å². The van der Waals surface area contributed by atoms with E-state index in [1.54, 1.807) is 0 Å². The van der Waals surface area contributed by atoms with Crippen molar-refractivity contribution in [1.29, 1.82) is 0 Å². The molecule has 1 atom stereocenters. The standard InChI is InChI=1S/C15H24N2O2S/c1-5-19-15(18)14-16-12(9-20-14)8-17(13-6-7-13)11(4)10(2)3/h9-11,13H,5-8H2,1-4H3. The predicted molar refractivity (Wildman–Crippen MR) is 80.9 cm³/mol. The molecule has 0 saturated heterocycles. The zero-order valence-electron chi connectivity index (χ0n) is 12.8. The number of thiazole rings is 1. The SMILES string of the molecule is CCOC(=O)c1nc(CN(C2CC2)C(C)C(C)C)cs1. The molecule has 0 aromatic carbocycles. The van der Waals surface area contributed by atoms with Gasteiger partial charge in [-0.1, -0.05) is 13.8 Å². The summed E-state index contributed by atoms with van der Waals surface area (Å²) < 4.78 is 4.99. The van der Waals surface area contributed by atoms with E-state index in [1.807, 2.05) is 12.3 Å². The minimum Gasteiger partial charge on any atom is -0.461 e. The third-order valence-corrected chi connectivity index (χ3v) is 4.72. The first-order chi connectivity index (χ1) is 9.52. The lowest BCUT2D eigenvalue weighted by Gasteiger charge is -2.31. The Hall–Kier alpha value is -0.940. The Morgan fingerprint density at radius 1 is 1.50 bits per heavy atom. The molecular formula is C15H24N2O2S. The summed E-state index contributed by atoms with van der Waals surface area (Å²) in [5, 5.41) is 2.45. The third-order valence-electron chi connectivity index (χ3n) is 3.85. The second-order valence-electron chi connectivity index (χ2n) is 5.75. The van der Waals surface area contributed by atoms with Crippen molar-refractivity contribution in [2.45, 2.75) is 59.2 Å². The van der Waals surface area contributed by atoms with Crippen molar-refractivity contribution in [2.24, 2.45) is 5.92 Å². The van der Waals surface area contributed by atoms with Crippen LogP contribution in [0.25, 0.3) is 0 Å². The highest BCUT2D eigenvalue weighted by molar-refractivity contribution is 7.11. The molecule has 1 fully saturated rings. The molecule has 0 aliphatic heterocycles. The molecule has 0 amide bonds. The van der Waals surface area contributed by atoms with Crippen molar-refractivity contribution >= 4 is 17.3 Å². The van der Waals surface area contributed by atoms with Gasteiger partial charge in [0.1, 0.15) is 0 Å². The Balaban J connectivity index is 2.02. The highest BCUT2D eigenvalue weighted by atomic mass is 32.1. The van der Waals surface area contributed by atoms with Crippen LogP contribution in [0.5, 0.6) is 0 Å². The fraction of sp³-hybridized carbons (Fsp3) is 0.733. The molecule has 0 bridgehead atoms. The number of ether oxygens (including phenoxy) is 1. The average molecular weight is 296 g/mol. The Kier molecular flexibility index (Phi) is 5.16. The first-order valence-corrected chi connectivity index (χ1v) is 8.28. The average Bonchev–Trinajstić information content (AvgIpc) is 3.14. The van der Waals surface area contributed by atoms with Crippen LogP contribution in [0.4, 0.5) is 0 Å². The highest BCUT2D eigenvalue weighted by Gasteiger charge is 2.33. The van der Waals surface area contributed by atoms with Gasteiger partial charge >= 0.3 is 5.97 Å². The first-order valence-electron chi connectivity index (χ1n) is 7.40. The maximum Gasteiger partial charge on any atom is 0.367 e. The van der Waals surface area contributed by atoms with Crippen molar-refractivity contribution in [3.63, 3.8) is 0 Å². The lowest BCUT2D eigenvalue weighted by atomic mass is 10.0. The maximum atomic E-state index is 11.6. The van der Waals surface area contributed by atoms with E-state index < -0.39 is 0 Å². The summed E-state index contributed by atoms with van der Waals surface area (Å²) in [5.74, 6) is 0.317. The van der Waals surface area contributed by atoms with E-state index in [0.717, 1.165) is 12.2 Å². The molecule has 112 valence electrons. The quantitative estimate of drug-likeness (QED) is 0.724. The molecule has 1 unspecified atom stereocenters. The minimum atomic E-state index is -0.307. The lowest BCUT2D eigenvalue weighted by molar-refractivity contribution is 0.0525. The van der Waals surface area contributed by atoms with Gasteiger partial charge in [-0.15, -0.1) is 11.3 Å². The Labute approximate surface area is 125 Å². The molecule has 0 N–H and O–H groups in total. The normalized spacial score (nSPS) is 16.7. The molecule has 1 aliphatic carbocycles. The van der Waals surface area contributed by atoms with Crippen LogP contribution in [0.2, 0.25) is 0 Å². The molecule has 0 radical (unpaired) electrons. The van der Waals surface area contributed by atoms with Crippen LogP contribution in [0.1, 0.15) is 56.0 Å². The van der Waals surface area contributed by atoms with E-state index in [-0.39, 0.29) is 5.97 Å². The molecule has 0 spiro atoms. The molecule has 1 saturated carbocycles. The molecule has 1 heterocycles. The van der Waals surface area contributed by atoms with Gasteiger partial charge in [0.25, 0.3) is 0 Å². The van der Waals surface area contributed by atoms with E-state index in [4.69, 9.17) is 4.74 Å². The van der Waals surface area contributed by atoms with Gasteiger partial charge in [0.15, 0.2) is 0 Å². The van der Waals surface area contributed by atoms with Crippen LogP contribution in [-0.4, -0.2) is 34.5 Å². The van der Waals surface area contributed by atoms with Gasteiger partial charge in [-0.3, -0.25) is 4.90 Å². The zero-order chi connectivity index (χ0) is 14.7.